The van der Waals surface area contributed by atoms with Crippen LogP contribution in [-0.2, 0) is 4.79 Å². The fraction of sp³-hybridized carbons (Fsp3) is 0.400. The molecule has 6 nitrogen and oxygen atoms in total. The molecule has 3 rings (SSSR count). The molecule has 0 saturated carbocycles. The van der Waals surface area contributed by atoms with E-state index in [0.717, 1.165) is 18.2 Å². The van der Waals surface area contributed by atoms with E-state index >= 15 is 0 Å². The highest BCUT2D eigenvalue weighted by atomic mass is 19.1. The summed E-state index contributed by atoms with van der Waals surface area (Å²) in [7, 11) is 0. The lowest BCUT2D eigenvalue weighted by Gasteiger charge is -2.30. The lowest BCUT2D eigenvalue weighted by molar-refractivity contribution is -0.117. The van der Waals surface area contributed by atoms with Gasteiger partial charge in [0.25, 0.3) is 5.91 Å². The average molecular weight is 458 g/mol. The number of ketones is 1. The van der Waals surface area contributed by atoms with Gasteiger partial charge in [-0.3, -0.25) is 19.3 Å². The van der Waals surface area contributed by atoms with Crippen LogP contribution in [0, 0.1) is 17.6 Å². The third-order valence-electron chi connectivity index (χ3n) is 5.96. The second-order valence-electron chi connectivity index (χ2n) is 8.15. The van der Waals surface area contributed by atoms with Crippen LogP contribution in [0.15, 0.2) is 42.5 Å². The second kappa shape index (κ2) is 11.1. The predicted octanol–water partition coefficient (Wildman–Crippen LogP) is 3.98. The lowest BCUT2D eigenvalue weighted by atomic mass is 9.88. The number of piperidine rings is 1. The summed E-state index contributed by atoms with van der Waals surface area (Å²) in [5.41, 5.74) is 0.843. The Hall–Kier alpha value is -3.13. The Morgan fingerprint density at radius 1 is 1.03 bits per heavy atom. The number of anilines is 1. The van der Waals surface area contributed by atoms with Crippen molar-refractivity contribution < 1.29 is 23.2 Å². The van der Waals surface area contributed by atoms with Gasteiger partial charge in [-0.15, -0.1) is 0 Å². The number of hydrogen-bond acceptors (Lipinski definition) is 4. The van der Waals surface area contributed by atoms with Gasteiger partial charge >= 0.3 is 0 Å². The van der Waals surface area contributed by atoms with Crippen LogP contribution >= 0.6 is 0 Å². The molecule has 33 heavy (non-hydrogen) atoms. The van der Waals surface area contributed by atoms with E-state index in [9.17, 15) is 23.2 Å². The van der Waals surface area contributed by atoms with Crippen molar-refractivity contribution in [1.82, 2.24) is 9.80 Å². The van der Waals surface area contributed by atoms with Crippen molar-refractivity contribution in [3.05, 3.63) is 65.2 Å². The molecule has 176 valence electrons. The summed E-state index contributed by atoms with van der Waals surface area (Å²) in [4.78, 5) is 41.3. The van der Waals surface area contributed by atoms with Crippen LogP contribution in [-0.4, -0.2) is 60.1 Å². The molecule has 1 aliphatic rings. The van der Waals surface area contributed by atoms with Crippen molar-refractivity contribution in [3.63, 3.8) is 0 Å². The fourth-order valence-corrected chi connectivity index (χ4v) is 4.09. The van der Waals surface area contributed by atoms with Crippen LogP contribution < -0.4 is 5.32 Å². The maximum atomic E-state index is 13.9. The normalized spacial score (nSPS) is 14.7. The molecule has 1 heterocycles. The summed E-state index contributed by atoms with van der Waals surface area (Å²) in [6, 6.07) is 9.74. The van der Waals surface area contributed by atoms with Gasteiger partial charge in [-0.2, -0.15) is 0 Å². The molecule has 1 saturated heterocycles. The summed E-state index contributed by atoms with van der Waals surface area (Å²) < 4.78 is 27.3. The summed E-state index contributed by atoms with van der Waals surface area (Å²) in [6.07, 6.45) is 0.936. The van der Waals surface area contributed by atoms with Crippen molar-refractivity contribution in [2.75, 3.05) is 38.0 Å². The minimum absolute atomic E-state index is 0.0856. The number of amides is 2. The number of nitrogens with one attached hydrogen (secondary N) is 1. The van der Waals surface area contributed by atoms with E-state index < -0.39 is 23.3 Å². The van der Waals surface area contributed by atoms with E-state index in [4.69, 9.17) is 0 Å². The number of Topliss-reactive ketones (excluding diaryl/α,β-unsaturated/α-hetero) is 1. The molecule has 0 aromatic heterocycles. The first-order valence-corrected chi connectivity index (χ1v) is 11.2. The summed E-state index contributed by atoms with van der Waals surface area (Å²) >= 11 is 0. The predicted molar refractivity (Wildman–Crippen MR) is 122 cm³/mol. The number of benzene rings is 2. The Bertz CT molecular complexity index is 1020. The topological polar surface area (TPSA) is 69.7 Å². The molecular weight excluding hydrogens is 428 g/mol. The van der Waals surface area contributed by atoms with Crippen LogP contribution in [0.2, 0.25) is 0 Å². The highest BCUT2D eigenvalue weighted by Crippen LogP contribution is 2.24. The number of likely N-dealkylation sites (tertiary alicyclic amines) is 1. The molecule has 1 N–H and O–H groups in total. The average Bonchev–Trinajstić information content (AvgIpc) is 2.81. The molecule has 0 spiro atoms. The maximum Gasteiger partial charge on any atom is 0.253 e. The number of carbonyl (C=O) groups excluding carboxylic acids is 3. The minimum Gasteiger partial charge on any atom is -0.339 e. The Morgan fingerprint density at radius 3 is 2.39 bits per heavy atom. The van der Waals surface area contributed by atoms with Crippen LogP contribution in [0.4, 0.5) is 14.5 Å². The summed E-state index contributed by atoms with van der Waals surface area (Å²) in [5, 5.41) is 2.82. The number of carbonyl (C=O) groups is 3. The Balaban J connectivity index is 1.53. The zero-order valence-electron chi connectivity index (χ0n) is 18.9. The van der Waals surface area contributed by atoms with Crippen molar-refractivity contribution in [1.29, 1.82) is 0 Å². The molecule has 2 amide bonds. The van der Waals surface area contributed by atoms with Gasteiger partial charge in [-0.25, -0.2) is 8.78 Å². The van der Waals surface area contributed by atoms with Gasteiger partial charge < -0.3 is 10.2 Å². The van der Waals surface area contributed by atoms with Crippen molar-refractivity contribution in [2.24, 2.45) is 5.92 Å². The number of hydrogen-bond donors (Lipinski definition) is 1. The van der Waals surface area contributed by atoms with Crippen LogP contribution in [0.25, 0.3) is 0 Å². The molecular formula is C25H29F2N3O3. The Morgan fingerprint density at radius 2 is 1.73 bits per heavy atom. The molecule has 1 aliphatic heterocycles. The van der Waals surface area contributed by atoms with E-state index in [1.165, 1.54) is 0 Å². The molecule has 0 radical (unpaired) electrons. The van der Waals surface area contributed by atoms with Gasteiger partial charge in [-0.05, 0) is 76.2 Å². The standard InChI is InChI=1S/C25H29F2N3O3/c1-3-30(4-2)25(33)18-6-5-7-20(14-18)28-23(31)16-29-12-10-17(11-13-29)24(32)21-15-19(26)8-9-22(21)27/h5-9,14-15,17H,3-4,10-13,16H2,1-2H3,(H,28,31). The molecule has 0 unspecified atom stereocenters. The SMILES string of the molecule is CCN(CC)C(=O)c1cccc(NC(=O)CN2CCC(C(=O)c3cc(F)ccc3F)CC2)c1. The smallest absolute Gasteiger partial charge is 0.253 e. The lowest BCUT2D eigenvalue weighted by Crippen LogP contribution is -2.40. The zero-order valence-corrected chi connectivity index (χ0v) is 18.9. The number of rotatable bonds is 8. The van der Waals surface area contributed by atoms with Crippen LogP contribution in [0.5, 0.6) is 0 Å². The van der Waals surface area contributed by atoms with Gasteiger partial charge in [0.1, 0.15) is 11.6 Å². The van der Waals surface area contributed by atoms with Crippen LogP contribution in [0.1, 0.15) is 47.4 Å². The van der Waals surface area contributed by atoms with Gasteiger partial charge in [0.2, 0.25) is 5.91 Å². The van der Waals surface area contributed by atoms with E-state index in [-0.39, 0.29) is 23.9 Å². The van der Waals surface area contributed by atoms with Gasteiger partial charge in [0, 0.05) is 30.3 Å². The third kappa shape index (κ3) is 6.22. The van der Waals surface area contributed by atoms with Gasteiger partial charge in [0.15, 0.2) is 5.78 Å². The summed E-state index contributed by atoms with van der Waals surface area (Å²) in [5.74, 6) is -2.46. The quantitative estimate of drug-likeness (QED) is 0.609. The number of nitrogens with zero attached hydrogens (tertiary/aromatic N) is 2. The minimum atomic E-state index is -0.718. The van der Waals surface area contributed by atoms with Gasteiger partial charge in [0.05, 0.1) is 12.1 Å². The summed E-state index contributed by atoms with van der Waals surface area (Å²) in [6.45, 7) is 6.19. The molecule has 1 fully saturated rings. The van der Waals surface area contributed by atoms with Gasteiger partial charge in [-0.1, -0.05) is 6.07 Å². The Labute approximate surface area is 192 Å². The zero-order chi connectivity index (χ0) is 24.0. The molecule has 0 bridgehead atoms. The molecule has 0 atom stereocenters. The van der Waals surface area contributed by atoms with Crippen LogP contribution in [0.3, 0.4) is 0 Å². The molecule has 2 aromatic rings. The largest absolute Gasteiger partial charge is 0.339 e. The van der Waals surface area contributed by atoms with Crippen molar-refractivity contribution in [2.45, 2.75) is 26.7 Å². The second-order valence-corrected chi connectivity index (χ2v) is 8.15. The highest BCUT2D eigenvalue weighted by molar-refractivity contribution is 5.98. The molecule has 2 aromatic carbocycles. The van der Waals surface area contributed by atoms with E-state index in [1.807, 2.05) is 18.7 Å². The molecule has 0 aliphatic carbocycles. The first kappa shape index (κ1) is 24.5. The first-order chi connectivity index (χ1) is 15.8. The van der Waals surface area contributed by atoms with E-state index in [2.05, 4.69) is 5.32 Å². The van der Waals surface area contributed by atoms with E-state index in [0.29, 0.717) is 50.3 Å². The maximum absolute atomic E-state index is 13.9. The Kier molecular flexibility index (Phi) is 8.27. The monoisotopic (exact) mass is 457 g/mol. The number of halogens is 2. The van der Waals surface area contributed by atoms with Crippen molar-refractivity contribution >= 4 is 23.3 Å². The van der Waals surface area contributed by atoms with E-state index in [1.54, 1.807) is 29.2 Å². The molecule has 8 heteroatoms. The highest BCUT2D eigenvalue weighted by Gasteiger charge is 2.28. The first-order valence-electron chi connectivity index (χ1n) is 11.2. The third-order valence-corrected chi connectivity index (χ3v) is 5.96. The fourth-order valence-electron chi connectivity index (χ4n) is 4.09. The van der Waals surface area contributed by atoms with Crippen molar-refractivity contribution in [3.8, 4) is 0 Å².